The Hall–Kier alpha value is -2.00. The van der Waals surface area contributed by atoms with E-state index < -0.39 is 0 Å². The molecule has 0 radical (unpaired) electrons. The van der Waals surface area contributed by atoms with Gasteiger partial charge in [0.15, 0.2) is 0 Å². The predicted octanol–water partition coefficient (Wildman–Crippen LogP) is 3.64. The van der Waals surface area contributed by atoms with Crippen LogP contribution >= 0.6 is 0 Å². The highest BCUT2D eigenvalue weighted by atomic mass is 16.5. The topological polar surface area (TPSA) is 41.5 Å². The van der Waals surface area contributed by atoms with E-state index in [4.69, 9.17) is 4.74 Å². The number of ether oxygens (including phenoxy) is 1. The largest absolute Gasteiger partial charge is 0.508 e. The SMILES string of the molecule is CCC(NC)c1ccc(OCc2cccc(O)c2)cc1. The van der Waals surface area contributed by atoms with Crippen LogP contribution in [0.15, 0.2) is 48.5 Å². The minimum absolute atomic E-state index is 0.265. The lowest BCUT2D eigenvalue weighted by Gasteiger charge is -2.15. The van der Waals surface area contributed by atoms with Crippen LogP contribution in [-0.4, -0.2) is 12.2 Å². The van der Waals surface area contributed by atoms with Gasteiger partial charge >= 0.3 is 0 Å². The number of phenolic OH excluding ortho intramolecular Hbond substituents is 1. The van der Waals surface area contributed by atoms with Gasteiger partial charge in [-0.05, 0) is 48.9 Å². The van der Waals surface area contributed by atoms with Gasteiger partial charge < -0.3 is 15.2 Å². The number of hydrogen-bond donors (Lipinski definition) is 2. The standard InChI is InChI=1S/C17H21NO2/c1-3-17(18-2)14-7-9-16(10-8-14)20-12-13-5-4-6-15(19)11-13/h4-11,17-19H,3,12H2,1-2H3. The van der Waals surface area contributed by atoms with Gasteiger partial charge in [0.1, 0.15) is 18.1 Å². The van der Waals surface area contributed by atoms with Crippen molar-refractivity contribution in [2.24, 2.45) is 0 Å². The minimum atomic E-state index is 0.265. The van der Waals surface area contributed by atoms with Crippen molar-refractivity contribution in [2.75, 3.05) is 7.05 Å². The van der Waals surface area contributed by atoms with Crippen molar-refractivity contribution in [2.45, 2.75) is 26.0 Å². The molecule has 0 aliphatic rings. The summed E-state index contributed by atoms with van der Waals surface area (Å²) < 4.78 is 5.72. The van der Waals surface area contributed by atoms with Gasteiger partial charge in [0.05, 0.1) is 0 Å². The molecule has 3 nitrogen and oxygen atoms in total. The van der Waals surface area contributed by atoms with Crippen LogP contribution in [0.25, 0.3) is 0 Å². The second-order valence-corrected chi connectivity index (χ2v) is 4.78. The molecule has 0 saturated heterocycles. The van der Waals surface area contributed by atoms with Crippen LogP contribution in [0.5, 0.6) is 11.5 Å². The molecule has 0 aromatic heterocycles. The van der Waals surface area contributed by atoms with Crippen molar-refractivity contribution in [3.05, 3.63) is 59.7 Å². The smallest absolute Gasteiger partial charge is 0.119 e. The van der Waals surface area contributed by atoms with E-state index in [1.807, 2.05) is 31.3 Å². The maximum Gasteiger partial charge on any atom is 0.119 e. The highest BCUT2D eigenvalue weighted by molar-refractivity contribution is 5.30. The van der Waals surface area contributed by atoms with Crippen LogP contribution < -0.4 is 10.1 Å². The summed E-state index contributed by atoms with van der Waals surface area (Å²) in [6, 6.07) is 15.6. The molecule has 20 heavy (non-hydrogen) atoms. The second-order valence-electron chi connectivity index (χ2n) is 4.78. The number of rotatable bonds is 6. The molecule has 1 atom stereocenters. The molecule has 2 N–H and O–H groups in total. The Labute approximate surface area is 120 Å². The fourth-order valence-corrected chi connectivity index (χ4v) is 2.22. The van der Waals surface area contributed by atoms with Gasteiger partial charge in [-0.1, -0.05) is 31.2 Å². The normalized spacial score (nSPS) is 12.1. The molecule has 2 aromatic rings. The predicted molar refractivity (Wildman–Crippen MR) is 81.0 cm³/mol. The number of nitrogens with one attached hydrogen (secondary N) is 1. The van der Waals surface area contributed by atoms with Crippen molar-refractivity contribution >= 4 is 0 Å². The van der Waals surface area contributed by atoms with E-state index in [-0.39, 0.29) is 5.75 Å². The van der Waals surface area contributed by atoms with Crippen LogP contribution in [0.1, 0.15) is 30.5 Å². The molecule has 3 heteroatoms. The van der Waals surface area contributed by atoms with Gasteiger partial charge in [-0.3, -0.25) is 0 Å². The summed E-state index contributed by atoms with van der Waals surface area (Å²) in [5.41, 5.74) is 2.22. The van der Waals surface area contributed by atoms with E-state index in [1.54, 1.807) is 12.1 Å². The van der Waals surface area contributed by atoms with Gasteiger partial charge in [0.25, 0.3) is 0 Å². The maximum atomic E-state index is 9.40. The van der Waals surface area contributed by atoms with Gasteiger partial charge in [-0.2, -0.15) is 0 Å². The Bertz CT molecular complexity index is 533. The third-order valence-electron chi connectivity index (χ3n) is 3.36. The van der Waals surface area contributed by atoms with Crippen LogP contribution in [0.4, 0.5) is 0 Å². The highest BCUT2D eigenvalue weighted by Crippen LogP contribution is 2.21. The van der Waals surface area contributed by atoms with Gasteiger partial charge in [-0.25, -0.2) is 0 Å². The maximum absolute atomic E-state index is 9.40. The molecule has 0 bridgehead atoms. The Balaban J connectivity index is 1.97. The van der Waals surface area contributed by atoms with E-state index >= 15 is 0 Å². The summed E-state index contributed by atoms with van der Waals surface area (Å²) in [5.74, 6) is 1.10. The fourth-order valence-electron chi connectivity index (χ4n) is 2.22. The van der Waals surface area contributed by atoms with E-state index in [0.717, 1.165) is 17.7 Å². The first-order valence-electron chi connectivity index (χ1n) is 6.91. The van der Waals surface area contributed by atoms with Crippen molar-refractivity contribution in [1.82, 2.24) is 5.32 Å². The molecule has 0 heterocycles. The lowest BCUT2D eigenvalue weighted by Crippen LogP contribution is -2.14. The fraction of sp³-hybridized carbons (Fsp3) is 0.294. The summed E-state index contributed by atoms with van der Waals surface area (Å²) in [5, 5.41) is 12.7. The lowest BCUT2D eigenvalue weighted by atomic mass is 10.0. The van der Waals surface area contributed by atoms with Crippen molar-refractivity contribution in [1.29, 1.82) is 0 Å². The number of aromatic hydroxyl groups is 1. The Morgan fingerprint density at radius 3 is 2.50 bits per heavy atom. The van der Waals surface area contributed by atoms with E-state index in [1.165, 1.54) is 5.56 Å². The van der Waals surface area contributed by atoms with Crippen LogP contribution in [-0.2, 0) is 6.61 Å². The van der Waals surface area contributed by atoms with Gasteiger partial charge in [0, 0.05) is 6.04 Å². The average molecular weight is 271 g/mol. The first-order valence-corrected chi connectivity index (χ1v) is 6.91. The van der Waals surface area contributed by atoms with E-state index in [9.17, 15) is 5.11 Å². The molecule has 0 fully saturated rings. The quantitative estimate of drug-likeness (QED) is 0.842. The van der Waals surface area contributed by atoms with Crippen LogP contribution in [0.2, 0.25) is 0 Å². The molecule has 0 amide bonds. The Morgan fingerprint density at radius 2 is 1.90 bits per heavy atom. The zero-order valence-corrected chi connectivity index (χ0v) is 12.0. The summed E-state index contributed by atoms with van der Waals surface area (Å²) in [4.78, 5) is 0. The van der Waals surface area contributed by atoms with Crippen molar-refractivity contribution in [3.8, 4) is 11.5 Å². The summed E-state index contributed by atoms with van der Waals surface area (Å²) in [6.45, 7) is 2.62. The summed E-state index contributed by atoms with van der Waals surface area (Å²) in [6.07, 6.45) is 1.06. The number of phenols is 1. The monoisotopic (exact) mass is 271 g/mol. The molecule has 0 aliphatic carbocycles. The number of benzene rings is 2. The van der Waals surface area contributed by atoms with E-state index in [2.05, 4.69) is 24.4 Å². The molecule has 2 aromatic carbocycles. The summed E-state index contributed by atoms with van der Waals surface area (Å²) >= 11 is 0. The Kier molecular flexibility index (Phi) is 5.02. The third-order valence-corrected chi connectivity index (χ3v) is 3.36. The van der Waals surface area contributed by atoms with E-state index in [0.29, 0.717) is 12.6 Å². The average Bonchev–Trinajstić information content (AvgIpc) is 2.48. The zero-order valence-electron chi connectivity index (χ0n) is 12.0. The molecular weight excluding hydrogens is 250 g/mol. The van der Waals surface area contributed by atoms with Gasteiger partial charge in [-0.15, -0.1) is 0 Å². The lowest BCUT2D eigenvalue weighted by molar-refractivity contribution is 0.305. The molecule has 0 aliphatic heterocycles. The third kappa shape index (κ3) is 3.75. The Morgan fingerprint density at radius 1 is 1.15 bits per heavy atom. The van der Waals surface area contributed by atoms with Crippen molar-refractivity contribution in [3.63, 3.8) is 0 Å². The molecule has 0 saturated carbocycles. The summed E-state index contributed by atoms with van der Waals surface area (Å²) in [7, 11) is 1.97. The minimum Gasteiger partial charge on any atom is -0.508 e. The number of hydrogen-bond acceptors (Lipinski definition) is 3. The zero-order chi connectivity index (χ0) is 14.4. The first kappa shape index (κ1) is 14.4. The molecular formula is C17H21NO2. The first-order chi connectivity index (χ1) is 9.72. The molecule has 0 spiro atoms. The second kappa shape index (κ2) is 6.96. The van der Waals surface area contributed by atoms with Crippen molar-refractivity contribution < 1.29 is 9.84 Å². The molecule has 2 rings (SSSR count). The molecule has 1 unspecified atom stereocenters. The van der Waals surface area contributed by atoms with Crippen LogP contribution in [0.3, 0.4) is 0 Å². The van der Waals surface area contributed by atoms with Gasteiger partial charge in [0.2, 0.25) is 0 Å². The van der Waals surface area contributed by atoms with Crippen LogP contribution in [0, 0.1) is 0 Å². The molecule has 106 valence electrons. The highest BCUT2D eigenvalue weighted by Gasteiger charge is 2.06.